The zero-order valence-corrected chi connectivity index (χ0v) is 11.6. The van der Waals surface area contributed by atoms with Gasteiger partial charge in [0.15, 0.2) is 0 Å². The van der Waals surface area contributed by atoms with Crippen LogP contribution in [-0.4, -0.2) is 11.6 Å². The first-order valence-electron chi connectivity index (χ1n) is 6.98. The number of fused-ring (bicyclic) bond motifs is 2. The van der Waals surface area contributed by atoms with Crippen LogP contribution in [0.3, 0.4) is 0 Å². The van der Waals surface area contributed by atoms with Crippen molar-refractivity contribution in [2.24, 2.45) is 0 Å². The van der Waals surface area contributed by atoms with Crippen LogP contribution < -0.4 is 0 Å². The summed E-state index contributed by atoms with van der Waals surface area (Å²) in [6.07, 6.45) is 1.19. The van der Waals surface area contributed by atoms with Crippen LogP contribution in [-0.2, 0) is 11.2 Å². The third-order valence-corrected chi connectivity index (χ3v) is 4.03. The van der Waals surface area contributed by atoms with Crippen molar-refractivity contribution in [2.45, 2.75) is 12.3 Å². The van der Waals surface area contributed by atoms with Gasteiger partial charge >= 0.3 is 0 Å². The summed E-state index contributed by atoms with van der Waals surface area (Å²) in [6.45, 7) is -0.250. The molecule has 3 aromatic carbocycles. The molecule has 4 rings (SSSR count). The Labute approximate surface area is 123 Å². The van der Waals surface area contributed by atoms with Crippen LogP contribution in [0.25, 0.3) is 10.8 Å². The molecule has 0 radical (unpaired) electrons. The molecular formula is C19H16O2. The fourth-order valence-electron chi connectivity index (χ4n) is 2.98. The Kier molecular flexibility index (Phi) is 3.69. The van der Waals surface area contributed by atoms with Gasteiger partial charge in [-0.3, -0.25) is 4.79 Å². The van der Waals surface area contributed by atoms with Gasteiger partial charge in [0.2, 0.25) is 0 Å². The Hall–Kier alpha value is -2.61. The lowest BCUT2D eigenvalue weighted by Crippen LogP contribution is -2.17. The molecule has 1 N–H and O–H groups in total. The van der Waals surface area contributed by atoms with Gasteiger partial charge < -0.3 is 5.11 Å². The van der Waals surface area contributed by atoms with Crippen molar-refractivity contribution >= 4 is 17.2 Å². The summed E-state index contributed by atoms with van der Waals surface area (Å²) in [5.74, 6) is 0.603. The van der Waals surface area contributed by atoms with E-state index in [1.54, 1.807) is 0 Å². The predicted octanol–water partition coefficient (Wildman–Crippen LogP) is 4.23. The van der Waals surface area contributed by atoms with E-state index in [1.165, 1.54) is 33.9 Å². The molecule has 0 amide bonds. The van der Waals surface area contributed by atoms with Gasteiger partial charge in [-0.2, -0.15) is 0 Å². The molecular weight excluding hydrogens is 260 g/mol. The summed E-state index contributed by atoms with van der Waals surface area (Å²) in [5.41, 5.74) is 4.47. The van der Waals surface area contributed by atoms with Gasteiger partial charge in [-0.25, -0.2) is 0 Å². The molecule has 0 aliphatic heterocycles. The van der Waals surface area contributed by atoms with Gasteiger partial charge in [-0.1, -0.05) is 66.7 Å². The highest BCUT2D eigenvalue weighted by Gasteiger charge is 2.26. The highest BCUT2D eigenvalue weighted by molar-refractivity contribution is 5.83. The maximum atomic E-state index is 8.36. The Morgan fingerprint density at radius 2 is 1.57 bits per heavy atom. The van der Waals surface area contributed by atoms with E-state index in [0.29, 0.717) is 5.92 Å². The van der Waals surface area contributed by atoms with E-state index < -0.39 is 0 Å². The molecule has 0 saturated heterocycles. The minimum Gasteiger partial charge on any atom is -0.483 e. The van der Waals surface area contributed by atoms with E-state index in [2.05, 4.69) is 66.7 Å². The lowest BCUT2D eigenvalue weighted by molar-refractivity contribution is -0.122. The van der Waals surface area contributed by atoms with Crippen LogP contribution in [0.2, 0.25) is 0 Å². The highest BCUT2D eigenvalue weighted by atomic mass is 16.3. The quantitative estimate of drug-likeness (QED) is 0.675. The zero-order valence-electron chi connectivity index (χ0n) is 11.6. The van der Waals surface area contributed by atoms with Crippen molar-refractivity contribution in [3.8, 4) is 0 Å². The van der Waals surface area contributed by atoms with Gasteiger partial charge in [0.1, 0.15) is 0 Å². The number of carbonyl (C=O) groups is 1. The standard InChI is InChI=1S/C18H14.CH2O2/c1-2-6-14-11-16(10-9-13(14)5-1)18-12-15-7-3-4-8-17(15)18;2-1-3/h1-11,18H,12H2;1H,(H,2,3). The van der Waals surface area contributed by atoms with E-state index in [4.69, 9.17) is 9.90 Å². The van der Waals surface area contributed by atoms with Crippen LogP contribution >= 0.6 is 0 Å². The number of hydrogen-bond acceptors (Lipinski definition) is 1. The van der Waals surface area contributed by atoms with E-state index >= 15 is 0 Å². The molecule has 0 heterocycles. The topological polar surface area (TPSA) is 37.3 Å². The summed E-state index contributed by atoms with van der Waals surface area (Å²) in [7, 11) is 0. The van der Waals surface area contributed by atoms with Crippen LogP contribution in [0.1, 0.15) is 22.6 Å². The lowest BCUT2D eigenvalue weighted by Gasteiger charge is -2.30. The average Bonchev–Trinajstić information content (AvgIpc) is 2.49. The molecule has 1 aliphatic carbocycles. The first-order chi connectivity index (χ1) is 10.3. The monoisotopic (exact) mass is 276 g/mol. The maximum Gasteiger partial charge on any atom is 0.290 e. The van der Waals surface area contributed by atoms with Crippen LogP contribution in [0.5, 0.6) is 0 Å². The second-order valence-corrected chi connectivity index (χ2v) is 5.17. The highest BCUT2D eigenvalue weighted by Crippen LogP contribution is 2.40. The van der Waals surface area contributed by atoms with Crippen molar-refractivity contribution in [2.75, 3.05) is 0 Å². The molecule has 2 nitrogen and oxygen atoms in total. The third kappa shape index (κ3) is 2.52. The van der Waals surface area contributed by atoms with E-state index in [-0.39, 0.29) is 6.47 Å². The molecule has 0 fully saturated rings. The Balaban J connectivity index is 0.000000409. The maximum absolute atomic E-state index is 8.36. The normalized spacial score (nSPS) is 15.3. The van der Waals surface area contributed by atoms with Crippen molar-refractivity contribution in [1.82, 2.24) is 0 Å². The van der Waals surface area contributed by atoms with Gasteiger partial charge in [-0.15, -0.1) is 0 Å². The predicted molar refractivity (Wildman–Crippen MR) is 84.6 cm³/mol. The molecule has 104 valence electrons. The van der Waals surface area contributed by atoms with E-state index in [9.17, 15) is 0 Å². The number of hydrogen-bond donors (Lipinski definition) is 1. The van der Waals surface area contributed by atoms with Crippen molar-refractivity contribution < 1.29 is 9.90 Å². The van der Waals surface area contributed by atoms with Gasteiger partial charge in [-0.05, 0) is 33.9 Å². The molecule has 2 heteroatoms. The van der Waals surface area contributed by atoms with E-state index in [1.807, 2.05) is 0 Å². The SMILES string of the molecule is O=CO.c1ccc2c(c1)CC2c1ccc2ccccc2c1. The first-order valence-corrected chi connectivity index (χ1v) is 6.98. The summed E-state index contributed by atoms with van der Waals surface area (Å²) in [5, 5.41) is 9.56. The third-order valence-electron chi connectivity index (χ3n) is 4.03. The lowest BCUT2D eigenvalue weighted by atomic mass is 9.73. The number of rotatable bonds is 1. The summed E-state index contributed by atoms with van der Waals surface area (Å²) < 4.78 is 0. The second-order valence-electron chi connectivity index (χ2n) is 5.17. The van der Waals surface area contributed by atoms with E-state index in [0.717, 1.165) is 0 Å². The summed E-state index contributed by atoms with van der Waals surface area (Å²) in [6, 6.07) is 24.2. The summed E-state index contributed by atoms with van der Waals surface area (Å²) >= 11 is 0. The molecule has 1 aliphatic rings. The van der Waals surface area contributed by atoms with Crippen molar-refractivity contribution in [1.29, 1.82) is 0 Å². The van der Waals surface area contributed by atoms with Crippen LogP contribution in [0, 0.1) is 0 Å². The second kappa shape index (κ2) is 5.80. The Morgan fingerprint density at radius 1 is 0.905 bits per heavy atom. The van der Waals surface area contributed by atoms with Gasteiger partial charge in [0.25, 0.3) is 6.47 Å². The molecule has 0 bridgehead atoms. The largest absolute Gasteiger partial charge is 0.483 e. The smallest absolute Gasteiger partial charge is 0.290 e. The summed E-state index contributed by atoms with van der Waals surface area (Å²) in [4.78, 5) is 8.36. The fourth-order valence-corrected chi connectivity index (χ4v) is 2.98. The first kappa shape index (κ1) is 13.4. The van der Waals surface area contributed by atoms with Crippen LogP contribution in [0.15, 0.2) is 66.7 Å². The van der Waals surface area contributed by atoms with Gasteiger partial charge in [0.05, 0.1) is 0 Å². The van der Waals surface area contributed by atoms with Crippen LogP contribution in [0.4, 0.5) is 0 Å². The Morgan fingerprint density at radius 3 is 2.33 bits per heavy atom. The van der Waals surface area contributed by atoms with Gasteiger partial charge in [0, 0.05) is 5.92 Å². The average molecular weight is 276 g/mol. The molecule has 3 aromatic rings. The molecule has 1 unspecified atom stereocenters. The molecule has 0 saturated carbocycles. The zero-order chi connectivity index (χ0) is 14.7. The van der Waals surface area contributed by atoms with Crippen molar-refractivity contribution in [3.63, 3.8) is 0 Å². The number of benzene rings is 3. The molecule has 0 aromatic heterocycles. The molecule has 1 atom stereocenters. The Bertz CT molecular complexity index is 777. The minimum absolute atomic E-state index is 0.250. The molecule has 21 heavy (non-hydrogen) atoms. The minimum atomic E-state index is -0.250. The number of carboxylic acid groups (broad SMARTS) is 1. The van der Waals surface area contributed by atoms with Crippen molar-refractivity contribution in [3.05, 3.63) is 83.4 Å². The molecule has 0 spiro atoms. The fraction of sp³-hybridized carbons (Fsp3) is 0.105.